The summed E-state index contributed by atoms with van der Waals surface area (Å²) in [5.74, 6) is -1.06. The Balaban J connectivity index is 2.44. The van der Waals surface area contributed by atoms with Crippen LogP contribution in [0.5, 0.6) is 0 Å². The van der Waals surface area contributed by atoms with Gasteiger partial charge in [-0.1, -0.05) is 23.4 Å². The van der Waals surface area contributed by atoms with Crippen LogP contribution in [-0.2, 0) is 4.79 Å². The predicted octanol–water partition coefficient (Wildman–Crippen LogP) is 1.55. The Morgan fingerprint density at radius 2 is 2.30 bits per heavy atom. The molecule has 0 aliphatic carbocycles. The second-order valence-electron chi connectivity index (χ2n) is 3.64. The van der Waals surface area contributed by atoms with Crippen LogP contribution in [0.15, 0.2) is 23.4 Å². The van der Waals surface area contributed by atoms with Gasteiger partial charge in [-0.15, -0.1) is 10.2 Å². The van der Waals surface area contributed by atoms with Crippen LogP contribution in [0.2, 0.25) is 5.02 Å². The topological polar surface area (TPSA) is 118 Å². The zero-order chi connectivity index (χ0) is 14.7. The van der Waals surface area contributed by atoms with Crippen molar-refractivity contribution in [1.82, 2.24) is 14.8 Å². The molecule has 0 unspecified atom stereocenters. The molecule has 0 amide bonds. The fourth-order valence-corrected chi connectivity index (χ4v) is 2.42. The number of anilines is 1. The summed E-state index contributed by atoms with van der Waals surface area (Å²) in [6, 6.07) is 6.64. The van der Waals surface area contributed by atoms with Crippen molar-refractivity contribution < 1.29 is 9.90 Å². The molecule has 0 aliphatic heterocycles. The number of nitriles is 1. The quantitative estimate of drug-likeness (QED) is 0.822. The number of nitrogen functional groups attached to an aromatic ring is 1. The molecule has 102 valence electrons. The van der Waals surface area contributed by atoms with Crippen molar-refractivity contribution in [2.45, 2.75) is 5.16 Å². The molecule has 0 saturated heterocycles. The summed E-state index contributed by atoms with van der Waals surface area (Å²) in [6.45, 7) is 0. The number of rotatable bonds is 4. The average molecular weight is 310 g/mol. The van der Waals surface area contributed by atoms with Crippen LogP contribution in [-0.4, -0.2) is 31.6 Å². The monoisotopic (exact) mass is 309 g/mol. The van der Waals surface area contributed by atoms with Crippen LogP contribution in [0.1, 0.15) is 5.56 Å². The van der Waals surface area contributed by atoms with Gasteiger partial charge in [0.05, 0.1) is 28.1 Å². The number of carboxylic acid groups (broad SMARTS) is 1. The molecular weight excluding hydrogens is 302 g/mol. The Morgan fingerprint density at radius 3 is 2.90 bits per heavy atom. The van der Waals surface area contributed by atoms with Gasteiger partial charge in [0.15, 0.2) is 5.16 Å². The van der Waals surface area contributed by atoms with E-state index in [1.807, 2.05) is 6.07 Å². The van der Waals surface area contributed by atoms with Crippen LogP contribution < -0.4 is 5.73 Å². The van der Waals surface area contributed by atoms with E-state index in [1.165, 1.54) is 10.6 Å². The number of halogens is 1. The fourth-order valence-electron chi connectivity index (χ4n) is 1.49. The van der Waals surface area contributed by atoms with E-state index in [1.54, 1.807) is 12.1 Å². The second-order valence-corrected chi connectivity index (χ2v) is 4.99. The van der Waals surface area contributed by atoms with E-state index >= 15 is 0 Å². The number of aromatic nitrogens is 3. The molecule has 0 atom stereocenters. The van der Waals surface area contributed by atoms with Gasteiger partial charge >= 0.3 is 5.97 Å². The number of hydrogen-bond acceptors (Lipinski definition) is 6. The lowest BCUT2D eigenvalue weighted by Gasteiger charge is -2.09. The van der Waals surface area contributed by atoms with Gasteiger partial charge in [0.2, 0.25) is 5.95 Å². The third kappa shape index (κ3) is 2.84. The summed E-state index contributed by atoms with van der Waals surface area (Å²) in [4.78, 5) is 10.6. The number of nitrogens with two attached hydrogens (primary N) is 1. The number of nitrogens with zero attached hydrogens (tertiary/aromatic N) is 4. The molecule has 3 N–H and O–H groups in total. The van der Waals surface area contributed by atoms with Crippen LogP contribution in [0.4, 0.5) is 5.95 Å². The van der Waals surface area contributed by atoms with E-state index in [4.69, 9.17) is 27.7 Å². The molecule has 2 aromatic rings. The average Bonchev–Trinajstić information content (AvgIpc) is 2.77. The van der Waals surface area contributed by atoms with Gasteiger partial charge in [-0.05, 0) is 18.2 Å². The molecule has 1 aromatic carbocycles. The van der Waals surface area contributed by atoms with Gasteiger partial charge < -0.3 is 10.8 Å². The summed E-state index contributed by atoms with van der Waals surface area (Å²) < 4.78 is 1.44. The number of carbonyl (C=O) groups is 1. The second kappa shape index (κ2) is 5.81. The Hall–Kier alpha value is -2.24. The highest BCUT2D eigenvalue weighted by molar-refractivity contribution is 7.99. The van der Waals surface area contributed by atoms with Gasteiger partial charge in [-0.25, -0.2) is 0 Å². The molecule has 0 fully saturated rings. The molecule has 2 rings (SSSR count). The zero-order valence-electron chi connectivity index (χ0n) is 9.95. The van der Waals surface area contributed by atoms with Crippen molar-refractivity contribution in [3.05, 3.63) is 28.8 Å². The summed E-state index contributed by atoms with van der Waals surface area (Å²) in [6.07, 6.45) is 0. The predicted molar refractivity (Wildman–Crippen MR) is 73.9 cm³/mol. The fraction of sp³-hybridized carbons (Fsp3) is 0.0909. The number of carboxylic acids is 1. The van der Waals surface area contributed by atoms with Crippen molar-refractivity contribution in [3.8, 4) is 11.8 Å². The first-order chi connectivity index (χ1) is 9.52. The molecule has 20 heavy (non-hydrogen) atoms. The minimum atomic E-state index is -0.978. The first-order valence-electron chi connectivity index (χ1n) is 5.28. The lowest BCUT2D eigenvalue weighted by Crippen LogP contribution is -2.05. The maximum absolute atomic E-state index is 10.6. The third-order valence-electron chi connectivity index (χ3n) is 2.30. The smallest absolute Gasteiger partial charge is 0.313 e. The van der Waals surface area contributed by atoms with Crippen molar-refractivity contribution in [3.63, 3.8) is 0 Å². The number of benzene rings is 1. The van der Waals surface area contributed by atoms with E-state index in [-0.39, 0.29) is 11.7 Å². The maximum atomic E-state index is 10.6. The first kappa shape index (κ1) is 14.2. The Morgan fingerprint density at radius 1 is 1.55 bits per heavy atom. The minimum Gasteiger partial charge on any atom is -0.481 e. The standard InChI is InChI=1S/C11H8ClN5O2S/c12-7-3-6(4-13)1-2-8(7)17-10(14)15-16-11(17)20-5-9(18)19/h1-3H,5H2,(H2,14,15)(H,18,19). The summed E-state index contributed by atoms with van der Waals surface area (Å²) in [7, 11) is 0. The minimum absolute atomic E-state index is 0.0875. The zero-order valence-corrected chi connectivity index (χ0v) is 11.5. The molecule has 7 nitrogen and oxygen atoms in total. The maximum Gasteiger partial charge on any atom is 0.313 e. The number of hydrogen-bond donors (Lipinski definition) is 2. The van der Waals surface area contributed by atoms with E-state index in [0.717, 1.165) is 11.8 Å². The molecule has 1 aromatic heterocycles. The third-order valence-corrected chi connectivity index (χ3v) is 3.52. The molecule has 0 bridgehead atoms. The molecule has 0 spiro atoms. The van der Waals surface area contributed by atoms with E-state index < -0.39 is 5.97 Å². The van der Waals surface area contributed by atoms with E-state index in [2.05, 4.69) is 10.2 Å². The summed E-state index contributed by atoms with van der Waals surface area (Å²) in [5, 5.41) is 25.6. The van der Waals surface area contributed by atoms with Crippen molar-refractivity contribution in [1.29, 1.82) is 5.26 Å². The van der Waals surface area contributed by atoms with E-state index in [9.17, 15) is 4.79 Å². The molecule has 0 saturated carbocycles. The van der Waals surface area contributed by atoms with Gasteiger partial charge in [0, 0.05) is 0 Å². The molecule has 0 radical (unpaired) electrons. The summed E-state index contributed by atoms with van der Waals surface area (Å²) >= 11 is 7.07. The normalized spacial score (nSPS) is 10.2. The van der Waals surface area contributed by atoms with Gasteiger partial charge in [-0.2, -0.15) is 5.26 Å². The van der Waals surface area contributed by atoms with Crippen molar-refractivity contribution >= 4 is 35.3 Å². The Bertz CT molecular complexity index is 709. The van der Waals surface area contributed by atoms with Crippen LogP contribution in [0.25, 0.3) is 5.69 Å². The van der Waals surface area contributed by atoms with Crippen LogP contribution in [0.3, 0.4) is 0 Å². The Labute approximate surface area is 123 Å². The molecule has 0 aliphatic rings. The Kier molecular flexibility index (Phi) is 4.12. The SMILES string of the molecule is N#Cc1ccc(-n2c(N)nnc2SCC(=O)O)c(Cl)c1. The first-order valence-corrected chi connectivity index (χ1v) is 6.64. The molecular formula is C11H8ClN5O2S. The van der Waals surface area contributed by atoms with Crippen LogP contribution in [0, 0.1) is 11.3 Å². The van der Waals surface area contributed by atoms with Gasteiger partial charge in [0.25, 0.3) is 0 Å². The van der Waals surface area contributed by atoms with E-state index in [0.29, 0.717) is 21.4 Å². The highest BCUT2D eigenvalue weighted by Crippen LogP contribution is 2.28. The highest BCUT2D eigenvalue weighted by atomic mass is 35.5. The number of aliphatic carboxylic acids is 1. The highest BCUT2D eigenvalue weighted by Gasteiger charge is 2.16. The van der Waals surface area contributed by atoms with Crippen molar-refractivity contribution in [2.24, 2.45) is 0 Å². The molecule has 9 heteroatoms. The van der Waals surface area contributed by atoms with Crippen LogP contribution >= 0.6 is 23.4 Å². The summed E-state index contributed by atoms with van der Waals surface area (Å²) in [5.41, 5.74) is 6.62. The lowest BCUT2D eigenvalue weighted by molar-refractivity contribution is -0.133. The van der Waals surface area contributed by atoms with Crippen molar-refractivity contribution in [2.75, 3.05) is 11.5 Å². The largest absolute Gasteiger partial charge is 0.481 e. The van der Waals surface area contributed by atoms with Gasteiger partial charge in [0.1, 0.15) is 0 Å². The number of thioether (sulfide) groups is 1. The lowest BCUT2D eigenvalue weighted by atomic mass is 10.2. The molecule has 1 heterocycles. The van der Waals surface area contributed by atoms with Gasteiger partial charge in [-0.3, -0.25) is 9.36 Å².